The van der Waals surface area contributed by atoms with Gasteiger partial charge in [0, 0.05) is 12.6 Å². The van der Waals surface area contributed by atoms with Crippen molar-refractivity contribution in [3.63, 3.8) is 0 Å². The minimum Gasteiger partial charge on any atom is -0.392 e. The lowest BCUT2D eigenvalue weighted by Crippen LogP contribution is -2.39. The molecule has 0 amide bonds. The van der Waals surface area contributed by atoms with E-state index >= 15 is 0 Å². The van der Waals surface area contributed by atoms with Crippen LogP contribution in [0.25, 0.3) is 0 Å². The second kappa shape index (κ2) is 7.76. The fraction of sp³-hybridized carbons (Fsp3) is 0.600. The molecular formula is C15H25NO3S. The Morgan fingerprint density at radius 1 is 1.20 bits per heavy atom. The summed E-state index contributed by atoms with van der Waals surface area (Å²) >= 11 is 0. The van der Waals surface area contributed by atoms with Crippen LogP contribution in [0.2, 0.25) is 0 Å². The summed E-state index contributed by atoms with van der Waals surface area (Å²) in [4.78, 5) is 0.297. The molecule has 20 heavy (non-hydrogen) atoms. The molecule has 1 N–H and O–H groups in total. The minimum absolute atomic E-state index is 0.0101. The number of hydrogen-bond acceptors (Lipinski definition) is 3. The van der Waals surface area contributed by atoms with Crippen molar-refractivity contribution in [2.24, 2.45) is 0 Å². The lowest BCUT2D eigenvalue weighted by Gasteiger charge is -2.27. The number of sulfonamides is 1. The molecule has 0 radical (unpaired) electrons. The maximum atomic E-state index is 12.7. The Hall–Kier alpha value is -0.910. The van der Waals surface area contributed by atoms with Crippen molar-refractivity contribution in [1.29, 1.82) is 0 Å². The first kappa shape index (κ1) is 17.1. The van der Waals surface area contributed by atoms with Crippen LogP contribution in [0, 0.1) is 0 Å². The Morgan fingerprint density at radius 2 is 1.80 bits per heavy atom. The van der Waals surface area contributed by atoms with Gasteiger partial charge in [-0.15, -0.1) is 0 Å². The van der Waals surface area contributed by atoms with Crippen LogP contribution in [-0.4, -0.2) is 30.4 Å². The highest BCUT2D eigenvalue weighted by Crippen LogP contribution is 2.21. The molecule has 1 unspecified atom stereocenters. The van der Waals surface area contributed by atoms with E-state index in [1.165, 1.54) is 0 Å². The van der Waals surface area contributed by atoms with E-state index in [1.807, 2.05) is 13.8 Å². The summed E-state index contributed by atoms with van der Waals surface area (Å²) in [6.07, 6.45) is 2.61. The minimum atomic E-state index is -3.46. The van der Waals surface area contributed by atoms with Gasteiger partial charge >= 0.3 is 0 Å². The zero-order valence-electron chi connectivity index (χ0n) is 12.5. The summed E-state index contributed by atoms with van der Waals surface area (Å²) < 4.78 is 27.0. The normalized spacial score (nSPS) is 13.7. The van der Waals surface area contributed by atoms with Crippen LogP contribution in [0.4, 0.5) is 0 Å². The van der Waals surface area contributed by atoms with Crippen molar-refractivity contribution < 1.29 is 13.5 Å². The molecule has 0 aliphatic rings. The SMILES string of the molecule is CCCCN(C(C)CC)S(=O)(=O)c1ccc(CO)cc1. The Bertz CT molecular complexity index is 496. The van der Waals surface area contributed by atoms with Crippen LogP contribution in [0.1, 0.15) is 45.6 Å². The average molecular weight is 299 g/mol. The summed E-state index contributed by atoms with van der Waals surface area (Å²) in [5.41, 5.74) is 0.715. The van der Waals surface area contributed by atoms with Gasteiger partial charge in [0.2, 0.25) is 10.0 Å². The average Bonchev–Trinajstić information content (AvgIpc) is 2.47. The number of rotatable bonds is 8. The van der Waals surface area contributed by atoms with Gasteiger partial charge in [-0.05, 0) is 37.5 Å². The maximum absolute atomic E-state index is 12.7. The highest BCUT2D eigenvalue weighted by Gasteiger charge is 2.27. The summed E-state index contributed by atoms with van der Waals surface area (Å²) in [7, 11) is -3.46. The van der Waals surface area contributed by atoms with Crippen LogP contribution in [0.15, 0.2) is 29.2 Å². The molecule has 0 aliphatic heterocycles. The Balaban J connectivity index is 3.07. The molecule has 1 aromatic carbocycles. The summed E-state index contributed by atoms with van der Waals surface area (Å²) in [6.45, 7) is 6.46. The second-order valence-corrected chi connectivity index (χ2v) is 6.92. The van der Waals surface area contributed by atoms with Crippen molar-refractivity contribution in [3.05, 3.63) is 29.8 Å². The number of aliphatic hydroxyl groups is 1. The number of nitrogens with zero attached hydrogens (tertiary/aromatic N) is 1. The van der Waals surface area contributed by atoms with Crippen molar-refractivity contribution in [2.75, 3.05) is 6.54 Å². The predicted octanol–water partition coefficient (Wildman–Crippen LogP) is 2.77. The third-order valence-corrected chi connectivity index (χ3v) is 5.55. The van der Waals surface area contributed by atoms with E-state index in [9.17, 15) is 8.42 Å². The van der Waals surface area contributed by atoms with Gasteiger partial charge in [0.05, 0.1) is 11.5 Å². The quantitative estimate of drug-likeness (QED) is 0.803. The van der Waals surface area contributed by atoms with Gasteiger partial charge in [-0.1, -0.05) is 32.4 Å². The van der Waals surface area contributed by atoms with Gasteiger partial charge in [0.25, 0.3) is 0 Å². The summed E-state index contributed by atoms with van der Waals surface area (Å²) in [6, 6.07) is 6.44. The smallest absolute Gasteiger partial charge is 0.243 e. The highest BCUT2D eigenvalue weighted by atomic mass is 32.2. The Labute approximate surface area is 122 Å². The van der Waals surface area contributed by atoms with Gasteiger partial charge in [-0.2, -0.15) is 4.31 Å². The zero-order chi connectivity index (χ0) is 15.2. The first-order chi connectivity index (χ1) is 9.47. The Kier molecular flexibility index (Phi) is 6.65. The van der Waals surface area contributed by atoms with E-state index in [0.717, 1.165) is 19.3 Å². The molecule has 114 valence electrons. The van der Waals surface area contributed by atoms with Crippen LogP contribution < -0.4 is 0 Å². The molecule has 0 aromatic heterocycles. The molecule has 0 saturated heterocycles. The van der Waals surface area contributed by atoms with E-state index < -0.39 is 10.0 Å². The zero-order valence-corrected chi connectivity index (χ0v) is 13.4. The van der Waals surface area contributed by atoms with Crippen LogP contribution in [0.3, 0.4) is 0 Å². The molecule has 0 heterocycles. The largest absolute Gasteiger partial charge is 0.392 e. The second-order valence-electron chi connectivity index (χ2n) is 5.03. The summed E-state index contributed by atoms with van der Waals surface area (Å²) in [5, 5.41) is 9.02. The molecule has 1 aromatic rings. The van der Waals surface area contributed by atoms with Crippen molar-refractivity contribution in [3.8, 4) is 0 Å². The first-order valence-corrected chi connectivity index (χ1v) is 8.63. The van der Waals surface area contributed by atoms with E-state index in [0.29, 0.717) is 17.0 Å². The van der Waals surface area contributed by atoms with Crippen molar-refractivity contribution in [2.45, 2.75) is 57.6 Å². The molecule has 0 aliphatic carbocycles. The van der Waals surface area contributed by atoms with Crippen LogP contribution in [0.5, 0.6) is 0 Å². The maximum Gasteiger partial charge on any atom is 0.243 e. The molecule has 1 rings (SSSR count). The monoisotopic (exact) mass is 299 g/mol. The highest BCUT2D eigenvalue weighted by molar-refractivity contribution is 7.89. The van der Waals surface area contributed by atoms with Gasteiger partial charge < -0.3 is 5.11 Å². The van der Waals surface area contributed by atoms with Crippen molar-refractivity contribution in [1.82, 2.24) is 4.31 Å². The van der Waals surface area contributed by atoms with Gasteiger partial charge in [-0.25, -0.2) is 8.42 Å². The topological polar surface area (TPSA) is 57.6 Å². The molecular weight excluding hydrogens is 274 g/mol. The molecule has 5 heteroatoms. The van der Waals surface area contributed by atoms with Crippen LogP contribution >= 0.6 is 0 Å². The molecule has 0 fully saturated rings. The molecule has 1 atom stereocenters. The standard InChI is InChI=1S/C15H25NO3S/c1-4-6-11-16(13(3)5-2)20(18,19)15-9-7-14(12-17)8-10-15/h7-10,13,17H,4-6,11-12H2,1-3H3. The Morgan fingerprint density at radius 3 is 2.25 bits per heavy atom. The number of aliphatic hydroxyl groups excluding tert-OH is 1. The fourth-order valence-electron chi connectivity index (χ4n) is 2.00. The third kappa shape index (κ3) is 4.04. The predicted molar refractivity (Wildman–Crippen MR) is 80.9 cm³/mol. The van der Waals surface area contributed by atoms with E-state index in [1.54, 1.807) is 28.6 Å². The molecule has 0 bridgehead atoms. The fourth-order valence-corrected chi connectivity index (χ4v) is 3.74. The van der Waals surface area contributed by atoms with Crippen molar-refractivity contribution >= 4 is 10.0 Å². The molecule has 4 nitrogen and oxygen atoms in total. The third-order valence-electron chi connectivity index (χ3n) is 3.53. The van der Waals surface area contributed by atoms with E-state index in [-0.39, 0.29) is 12.6 Å². The lowest BCUT2D eigenvalue weighted by atomic mass is 10.2. The molecule has 0 spiro atoms. The van der Waals surface area contributed by atoms with Crippen LogP contribution in [-0.2, 0) is 16.6 Å². The van der Waals surface area contributed by atoms with E-state index in [2.05, 4.69) is 6.92 Å². The molecule has 0 saturated carbocycles. The number of hydrogen-bond donors (Lipinski definition) is 1. The summed E-state index contributed by atoms with van der Waals surface area (Å²) in [5.74, 6) is 0. The van der Waals surface area contributed by atoms with E-state index in [4.69, 9.17) is 5.11 Å². The van der Waals surface area contributed by atoms with Gasteiger partial charge in [0.15, 0.2) is 0 Å². The number of unbranched alkanes of at least 4 members (excludes halogenated alkanes) is 1. The lowest BCUT2D eigenvalue weighted by molar-refractivity contribution is 0.281. The first-order valence-electron chi connectivity index (χ1n) is 7.19. The number of benzene rings is 1. The van der Waals surface area contributed by atoms with Gasteiger partial charge in [0.1, 0.15) is 0 Å². The van der Waals surface area contributed by atoms with Gasteiger partial charge in [-0.3, -0.25) is 0 Å².